The van der Waals surface area contributed by atoms with E-state index in [1.165, 1.54) is 12.1 Å². The molecule has 0 unspecified atom stereocenters. The van der Waals surface area contributed by atoms with Crippen LogP contribution in [0.1, 0.15) is 26.4 Å². The Balaban J connectivity index is 1.51. The van der Waals surface area contributed by atoms with E-state index < -0.39 is 17.8 Å². The molecule has 1 aliphatic rings. The molecule has 0 saturated heterocycles. The number of hydroxylamine groups is 2. The SMILES string of the molecule is O=C(Cc1cn2ccccc2n1)ON1C(=O)c2ccccc2C1=O. The molecule has 0 saturated carbocycles. The number of imidazole rings is 1. The lowest BCUT2D eigenvalue weighted by molar-refractivity contribution is -0.167. The van der Waals surface area contributed by atoms with E-state index in [1.54, 1.807) is 35.0 Å². The molecule has 24 heavy (non-hydrogen) atoms. The molecule has 0 N–H and O–H groups in total. The highest BCUT2D eigenvalue weighted by molar-refractivity contribution is 6.20. The van der Waals surface area contributed by atoms with E-state index in [1.807, 2.05) is 12.1 Å². The molecule has 7 nitrogen and oxygen atoms in total. The number of rotatable bonds is 3. The Morgan fingerprint density at radius 2 is 1.67 bits per heavy atom. The number of aromatic nitrogens is 2. The van der Waals surface area contributed by atoms with Crippen LogP contribution < -0.4 is 0 Å². The molecule has 0 atom stereocenters. The quantitative estimate of drug-likeness (QED) is 0.685. The first-order valence-electron chi connectivity index (χ1n) is 7.25. The van der Waals surface area contributed by atoms with Gasteiger partial charge in [0.1, 0.15) is 5.65 Å². The molecule has 2 amide bonds. The predicted molar refractivity (Wildman–Crippen MR) is 81.9 cm³/mol. The van der Waals surface area contributed by atoms with Gasteiger partial charge in [-0.15, -0.1) is 0 Å². The molecule has 0 bridgehead atoms. The summed E-state index contributed by atoms with van der Waals surface area (Å²) >= 11 is 0. The number of amides is 2. The maximum atomic E-state index is 12.1. The average Bonchev–Trinajstić information content (AvgIpc) is 3.09. The van der Waals surface area contributed by atoms with E-state index in [0.717, 1.165) is 0 Å². The molecular formula is C17H11N3O4. The van der Waals surface area contributed by atoms with Crippen LogP contribution in [0.5, 0.6) is 0 Å². The molecule has 1 aliphatic heterocycles. The molecular weight excluding hydrogens is 310 g/mol. The van der Waals surface area contributed by atoms with Gasteiger partial charge in [0.25, 0.3) is 11.8 Å². The second-order valence-corrected chi connectivity index (χ2v) is 5.29. The number of carbonyl (C=O) groups is 3. The fraction of sp³-hybridized carbons (Fsp3) is 0.0588. The summed E-state index contributed by atoms with van der Waals surface area (Å²) in [5.41, 5.74) is 1.63. The smallest absolute Gasteiger partial charge is 0.329 e. The van der Waals surface area contributed by atoms with Gasteiger partial charge in [0.05, 0.1) is 23.2 Å². The standard InChI is InChI=1S/C17H11N3O4/c21-15(9-11-10-19-8-4-3-7-14(19)18-11)24-20-16(22)12-5-1-2-6-13(12)17(20)23/h1-8,10H,9H2. The molecule has 0 aliphatic carbocycles. The number of benzene rings is 1. The second-order valence-electron chi connectivity index (χ2n) is 5.29. The zero-order valence-electron chi connectivity index (χ0n) is 12.4. The van der Waals surface area contributed by atoms with Crippen molar-refractivity contribution in [2.75, 3.05) is 0 Å². The van der Waals surface area contributed by atoms with E-state index in [-0.39, 0.29) is 17.5 Å². The summed E-state index contributed by atoms with van der Waals surface area (Å²) in [6.07, 6.45) is 3.36. The third kappa shape index (κ3) is 2.23. The Morgan fingerprint density at radius 1 is 1.00 bits per heavy atom. The summed E-state index contributed by atoms with van der Waals surface area (Å²) in [5.74, 6) is -2.01. The highest BCUT2D eigenvalue weighted by Gasteiger charge is 2.38. The Morgan fingerprint density at radius 3 is 2.33 bits per heavy atom. The van der Waals surface area contributed by atoms with Crippen LogP contribution in [-0.4, -0.2) is 32.2 Å². The average molecular weight is 321 g/mol. The Kier molecular flexibility index (Phi) is 3.13. The number of hydrogen-bond donors (Lipinski definition) is 0. The van der Waals surface area contributed by atoms with Crippen LogP contribution in [0.2, 0.25) is 0 Å². The van der Waals surface area contributed by atoms with Crippen molar-refractivity contribution in [1.29, 1.82) is 0 Å². The molecule has 0 fully saturated rings. The highest BCUT2D eigenvalue weighted by atomic mass is 16.7. The Hall–Kier alpha value is -3.48. The number of fused-ring (bicyclic) bond motifs is 2. The number of nitrogens with zero attached hydrogens (tertiary/aromatic N) is 3. The number of imide groups is 1. The van der Waals surface area contributed by atoms with Crippen molar-refractivity contribution >= 4 is 23.4 Å². The maximum Gasteiger partial charge on any atom is 0.339 e. The summed E-state index contributed by atoms with van der Waals surface area (Å²) in [4.78, 5) is 45.6. The number of carbonyl (C=O) groups excluding carboxylic acids is 3. The van der Waals surface area contributed by atoms with E-state index in [2.05, 4.69) is 4.98 Å². The van der Waals surface area contributed by atoms with Crippen molar-refractivity contribution in [3.05, 3.63) is 71.7 Å². The van der Waals surface area contributed by atoms with Crippen LogP contribution in [0.25, 0.3) is 5.65 Å². The van der Waals surface area contributed by atoms with Crippen LogP contribution in [0.4, 0.5) is 0 Å². The summed E-state index contributed by atoms with van der Waals surface area (Å²) < 4.78 is 1.77. The van der Waals surface area contributed by atoms with E-state index >= 15 is 0 Å². The summed E-state index contributed by atoms with van der Waals surface area (Å²) in [7, 11) is 0. The Bertz CT molecular complexity index is 924. The third-order valence-corrected chi connectivity index (χ3v) is 3.69. The van der Waals surface area contributed by atoms with Gasteiger partial charge in [0.2, 0.25) is 0 Å². The van der Waals surface area contributed by atoms with Crippen molar-refractivity contribution in [3.63, 3.8) is 0 Å². The van der Waals surface area contributed by atoms with Crippen molar-refractivity contribution in [2.45, 2.75) is 6.42 Å². The largest absolute Gasteiger partial charge is 0.339 e. The van der Waals surface area contributed by atoms with Crippen LogP contribution >= 0.6 is 0 Å². The van der Waals surface area contributed by atoms with Crippen molar-refractivity contribution < 1.29 is 19.2 Å². The monoisotopic (exact) mass is 321 g/mol. The minimum absolute atomic E-state index is 0.144. The first kappa shape index (κ1) is 14.1. The van der Waals surface area contributed by atoms with Gasteiger partial charge in [-0.2, -0.15) is 0 Å². The van der Waals surface area contributed by atoms with E-state index in [9.17, 15) is 14.4 Å². The maximum absolute atomic E-state index is 12.1. The van der Waals surface area contributed by atoms with Crippen molar-refractivity contribution in [1.82, 2.24) is 14.4 Å². The second kappa shape index (κ2) is 5.31. The van der Waals surface area contributed by atoms with Crippen molar-refractivity contribution in [3.8, 4) is 0 Å². The molecule has 118 valence electrons. The van der Waals surface area contributed by atoms with E-state index in [0.29, 0.717) is 16.4 Å². The summed E-state index contributed by atoms with van der Waals surface area (Å²) in [6, 6.07) is 11.8. The first-order valence-corrected chi connectivity index (χ1v) is 7.25. The first-order chi connectivity index (χ1) is 11.6. The van der Waals surface area contributed by atoms with Crippen LogP contribution in [0, 0.1) is 0 Å². The van der Waals surface area contributed by atoms with Gasteiger partial charge in [-0.1, -0.05) is 23.3 Å². The molecule has 2 aromatic heterocycles. The zero-order chi connectivity index (χ0) is 16.7. The molecule has 4 rings (SSSR count). The van der Waals surface area contributed by atoms with Gasteiger partial charge in [-0.25, -0.2) is 9.78 Å². The molecule has 3 heterocycles. The zero-order valence-corrected chi connectivity index (χ0v) is 12.4. The summed E-state index contributed by atoms with van der Waals surface area (Å²) in [5, 5.41) is 0.503. The van der Waals surface area contributed by atoms with Crippen LogP contribution in [0.15, 0.2) is 54.9 Å². The number of pyridine rings is 1. The number of hydrogen-bond acceptors (Lipinski definition) is 5. The van der Waals surface area contributed by atoms with Gasteiger partial charge in [0, 0.05) is 12.4 Å². The lowest BCUT2D eigenvalue weighted by Gasteiger charge is -2.11. The minimum Gasteiger partial charge on any atom is -0.329 e. The lowest BCUT2D eigenvalue weighted by Crippen LogP contribution is -2.33. The van der Waals surface area contributed by atoms with Crippen LogP contribution in [-0.2, 0) is 16.1 Å². The molecule has 1 aromatic carbocycles. The molecule has 0 radical (unpaired) electrons. The molecule has 7 heteroatoms. The van der Waals surface area contributed by atoms with Gasteiger partial charge in [0.15, 0.2) is 0 Å². The summed E-state index contributed by atoms with van der Waals surface area (Å²) in [6.45, 7) is 0. The fourth-order valence-corrected chi connectivity index (χ4v) is 2.60. The third-order valence-electron chi connectivity index (χ3n) is 3.69. The van der Waals surface area contributed by atoms with Crippen LogP contribution in [0.3, 0.4) is 0 Å². The van der Waals surface area contributed by atoms with Gasteiger partial charge in [-0.05, 0) is 24.3 Å². The minimum atomic E-state index is -0.729. The lowest BCUT2D eigenvalue weighted by atomic mass is 10.1. The highest BCUT2D eigenvalue weighted by Crippen LogP contribution is 2.22. The fourth-order valence-electron chi connectivity index (χ4n) is 2.60. The Labute approximate surface area is 136 Å². The molecule has 0 spiro atoms. The topological polar surface area (TPSA) is 81.0 Å². The van der Waals surface area contributed by atoms with Gasteiger partial charge < -0.3 is 9.24 Å². The van der Waals surface area contributed by atoms with E-state index in [4.69, 9.17) is 4.84 Å². The van der Waals surface area contributed by atoms with Crippen molar-refractivity contribution in [2.24, 2.45) is 0 Å². The normalized spacial score (nSPS) is 13.4. The van der Waals surface area contributed by atoms with Gasteiger partial charge in [-0.3, -0.25) is 9.59 Å². The molecule has 3 aromatic rings. The van der Waals surface area contributed by atoms with Gasteiger partial charge >= 0.3 is 5.97 Å². The predicted octanol–water partition coefficient (Wildman–Crippen LogP) is 1.63.